The molecule has 17 heavy (non-hydrogen) atoms. The normalized spacial score (nSPS) is 9.41. The molecular weight excluding hydrogens is 208 g/mol. The van der Waals surface area contributed by atoms with Crippen LogP contribution in [0.2, 0.25) is 0 Å². The van der Waals surface area contributed by atoms with Gasteiger partial charge in [0.1, 0.15) is 11.5 Å². The van der Waals surface area contributed by atoms with Gasteiger partial charge in [0, 0.05) is 0 Å². The fourth-order valence-corrected chi connectivity index (χ4v) is 0.745. The van der Waals surface area contributed by atoms with Crippen molar-refractivity contribution in [2.75, 3.05) is 0 Å². The second-order valence-electron chi connectivity index (χ2n) is 3.09. The summed E-state index contributed by atoms with van der Waals surface area (Å²) in [5.41, 5.74) is 1.25. The third-order valence-electron chi connectivity index (χ3n) is 1.30. The maximum Gasteiger partial charge on any atom is 0.119 e. The molecule has 0 aromatic heterocycles. The van der Waals surface area contributed by atoms with Crippen molar-refractivity contribution < 1.29 is 4.74 Å². The smallest absolute Gasteiger partial charge is 0.119 e. The van der Waals surface area contributed by atoms with Crippen LogP contribution in [0.4, 0.5) is 0 Å². The highest BCUT2D eigenvalue weighted by atomic mass is 16.5. The first-order chi connectivity index (χ1) is 8.06. The van der Waals surface area contributed by atoms with Crippen LogP contribution in [-0.2, 0) is 4.74 Å². The summed E-state index contributed by atoms with van der Waals surface area (Å²) in [4.78, 5) is 0. The van der Waals surface area contributed by atoms with Gasteiger partial charge in [-0.3, -0.25) is 0 Å². The highest BCUT2D eigenvalue weighted by molar-refractivity contribution is 5.14. The molecule has 0 aliphatic carbocycles. The molecule has 0 unspecified atom stereocenters. The third-order valence-corrected chi connectivity index (χ3v) is 1.30. The Labute approximate surface area is 108 Å². The molecule has 0 atom stereocenters. The Bertz CT molecular complexity index is 263. The summed E-state index contributed by atoms with van der Waals surface area (Å²) in [5, 5.41) is 0. The zero-order valence-corrected chi connectivity index (χ0v) is 12.3. The molecule has 0 radical (unpaired) electrons. The minimum Gasteiger partial charge on any atom is -0.463 e. The van der Waals surface area contributed by atoms with E-state index in [-0.39, 0.29) is 0 Å². The second-order valence-corrected chi connectivity index (χ2v) is 3.09. The molecule has 0 saturated carbocycles. The molecule has 0 fully saturated rings. The van der Waals surface area contributed by atoms with E-state index in [1.165, 1.54) is 5.57 Å². The summed E-state index contributed by atoms with van der Waals surface area (Å²) in [6.45, 7) is 21.7. The van der Waals surface area contributed by atoms with Crippen molar-refractivity contribution in [3.63, 3.8) is 0 Å². The van der Waals surface area contributed by atoms with Crippen LogP contribution in [0.1, 0.15) is 41.5 Å². The lowest BCUT2D eigenvalue weighted by molar-refractivity contribution is 0.324. The SMILES string of the molecule is C=C.C=C(/C=C\C)O/C(C)=C/C=C(C)C.CC. The maximum atomic E-state index is 5.38. The molecule has 98 valence electrons. The Morgan fingerprint density at radius 3 is 1.82 bits per heavy atom. The highest BCUT2D eigenvalue weighted by Crippen LogP contribution is 2.05. The van der Waals surface area contributed by atoms with Crippen LogP contribution in [0.15, 0.2) is 61.1 Å². The molecule has 0 aromatic carbocycles. The lowest BCUT2D eigenvalue weighted by Crippen LogP contribution is -1.84. The fraction of sp³-hybridized carbons (Fsp3) is 0.375. The van der Waals surface area contributed by atoms with E-state index >= 15 is 0 Å². The number of hydrogen-bond acceptors (Lipinski definition) is 1. The van der Waals surface area contributed by atoms with Gasteiger partial charge < -0.3 is 4.74 Å². The summed E-state index contributed by atoms with van der Waals surface area (Å²) < 4.78 is 5.38. The van der Waals surface area contributed by atoms with Crippen molar-refractivity contribution in [2.45, 2.75) is 41.5 Å². The van der Waals surface area contributed by atoms with E-state index < -0.39 is 0 Å². The average molecular weight is 236 g/mol. The number of rotatable bonds is 4. The van der Waals surface area contributed by atoms with Gasteiger partial charge in [-0.1, -0.05) is 38.2 Å². The van der Waals surface area contributed by atoms with Gasteiger partial charge in [0.05, 0.1) is 0 Å². The van der Waals surface area contributed by atoms with Gasteiger partial charge in [-0.2, -0.15) is 0 Å². The van der Waals surface area contributed by atoms with E-state index in [0.29, 0.717) is 5.76 Å². The van der Waals surface area contributed by atoms with Crippen LogP contribution in [0.5, 0.6) is 0 Å². The minimum absolute atomic E-state index is 0.665. The fourth-order valence-electron chi connectivity index (χ4n) is 0.745. The summed E-state index contributed by atoms with van der Waals surface area (Å²) >= 11 is 0. The molecule has 0 heterocycles. The van der Waals surface area contributed by atoms with Crippen molar-refractivity contribution in [3.05, 3.63) is 61.1 Å². The van der Waals surface area contributed by atoms with E-state index in [4.69, 9.17) is 4.74 Å². The van der Waals surface area contributed by atoms with Crippen molar-refractivity contribution >= 4 is 0 Å². The van der Waals surface area contributed by atoms with Crippen LogP contribution >= 0.6 is 0 Å². The Morgan fingerprint density at radius 1 is 1.00 bits per heavy atom. The molecule has 0 N–H and O–H groups in total. The van der Waals surface area contributed by atoms with Gasteiger partial charge >= 0.3 is 0 Å². The molecule has 0 rings (SSSR count). The standard InChI is InChI=1S/C12H18O.C2H6.C2H4/c1-6-7-11(4)13-12(5)9-8-10(2)3;2*1-2/h6-9H,4H2,1-3,5H3;1-2H3;1-2H2/b7-6-,12-9+;;. The largest absolute Gasteiger partial charge is 0.463 e. The van der Waals surface area contributed by atoms with Crippen LogP contribution in [0.3, 0.4) is 0 Å². The summed E-state index contributed by atoms with van der Waals surface area (Å²) in [7, 11) is 0. The van der Waals surface area contributed by atoms with E-state index in [0.717, 1.165) is 5.76 Å². The lowest BCUT2D eigenvalue weighted by atomic mass is 10.3. The monoisotopic (exact) mass is 236 g/mol. The number of hydrogen-bond donors (Lipinski definition) is 0. The Balaban J connectivity index is -0.000000439. The molecule has 0 saturated heterocycles. The molecular formula is C16H28O. The molecule has 0 amide bonds. The Hall–Kier alpha value is -1.50. The van der Waals surface area contributed by atoms with Crippen LogP contribution in [0, 0.1) is 0 Å². The van der Waals surface area contributed by atoms with Gasteiger partial charge in [-0.25, -0.2) is 0 Å². The molecule has 0 aliphatic rings. The first-order valence-corrected chi connectivity index (χ1v) is 5.87. The minimum atomic E-state index is 0.665. The zero-order chi connectivity index (χ0) is 14.3. The van der Waals surface area contributed by atoms with E-state index in [1.54, 1.807) is 0 Å². The number of ether oxygens (including phenoxy) is 1. The highest BCUT2D eigenvalue weighted by Gasteiger charge is 1.89. The molecule has 1 nitrogen and oxygen atoms in total. The van der Waals surface area contributed by atoms with Gasteiger partial charge in [0.15, 0.2) is 0 Å². The lowest BCUT2D eigenvalue weighted by Gasteiger charge is -2.03. The van der Waals surface area contributed by atoms with Crippen molar-refractivity contribution in [1.82, 2.24) is 0 Å². The Kier molecular flexibility index (Phi) is 20.7. The van der Waals surface area contributed by atoms with Crippen LogP contribution in [0.25, 0.3) is 0 Å². The van der Waals surface area contributed by atoms with Gasteiger partial charge in [-0.15, -0.1) is 13.2 Å². The summed E-state index contributed by atoms with van der Waals surface area (Å²) in [6.07, 6.45) is 7.68. The maximum absolute atomic E-state index is 5.38. The summed E-state index contributed by atoms with van der Waals surface area (Å²) in [5.74, 6) is 1.52. The Morgan fingerprint density at radius 2 is 1.47 bits per heavy atom. The van der Waals surface area contributed by atoms with Gasteiger partial charge in [0.2, 0.25) is 0 Å². The van der Waals surface area contributed by atoms with Crippen molar-refractivity contribution in [2.24, 2.45) is 0 Å². The van der Waals surface area contributed by atoms with Crippen LogP contribution < -0.4 is 0 Å². The topological polar surface area (TPSA) is 9.23 Å². The zero-order valence-electron chi connectivity index (χ0n) is 12.3. The van der Waals surface area contributed by atoms with Gasteiger partial charge in [0.25, 0.3) is 0 Å². The number of allylic oxidation sites excluding steroid dienone is 6. The van der Waals surface area contributed by atoms with E-state index in [1.807, 2.05) is 65.8 Å². The van der Waals surface area contributed by atoms with Gasteiger partial charge in [-0.05, 0) is 39.8 Å². The van der Waals surface area contributed by atoms with E-state index in [9.17, 15) is 0 Å². The first kappa shape index (κ1) is 20.9. The molecule has 0 bridgehead atoms. The first-order valence-electron chi connectivity index (χ1n) is 5.87. The second kappa shape index (κ2) is 16.9. The molecule has 1 heteroatoms. The quantitative estimate of drug-likeness (QED) is 0.341. The van der Waals surface area contributed by atoms with Crippen LogP contribution in [-0.4, -0.2) is 0 Å². The third kappa shape index (κ3) is 20.5. The molecule has 0 aliphatic heterocycles. The predicted molar refractivity (Wildman–Crippen MR) is 80.8 cm³/mol. The summed E-state index contributed by atoms with van der Waals surface area (Å²) in [6, 6.07) is 0. The van der Waals surface area contributed by atoms with E-state index in [2.05, 4.69) is 19.7 Å². The molecule has 0 spiro atoms. The van der Waals surface area contributed by atoms with Crippen molar-refractivity contribution in [3.8, 4) is 0 Å². The van der Waals surface area contributed by atoms with Crippen molar-refractivity contribution in [1.29, 1.82) is 0 Å². The average Bonchev–Trinajstić information content (AvgIpc) is 2.32. The predicted octanol–water partition coefficient (Wildman–Crippen LogP) is 5.79. The molecule has 0 aromatic rings.